The highest BCUT2D eigenvalue weighted by Gasteiger charge is 2.16. The summed E-state index contributed by atoms with van der Waals surface area (Å²) in [7, 11) is 3.06. The van der Waals surface area contributed by atoms with Gasteiger partial charge in [0, 0.05) is 16.8 Å². The maximum Gasteiger partial charge on any atom is 0.417 e. The smallest absolute Gasteiger partial charge is 0.417 e. The number of hydrogen-bond donors (Lipinski definition) is 2. The summed E-state index contributed by atoms with van der Waals surface area (Å²) < 4.78 is 15.7. The number of fused-ring (bicyclic) bond motifs is 1. The molecule has 1 amide bonds. The SMILES string of the molecule is C=CCc1cc(C(=O)Nc2ccc3oc(=O)[nH]c3c2)cc(OC)c1OC. The number of nitrogens with one attached hydrogen (secondary N) is 2. The number of allylic oxidation sites excluding steroid dienone is 1. The summed E-state index contributed by atoms with van der Waals surface area (Å²) in [4.78, 5) is 26.4. The zero-order chi connectivity index (χ0) is 18.7. The van der Waals surface area contributed by atoms with Crippen LogP contribution in [0.15, 0.2) is 52.2 Å². The molecule has 134 valence electrons. The lowest BCUT2D eigenvalue weighted by Gasteiger charge is -2.14. The Morgan fingerprint density at radius 1 is 1.27 bits per heavy atom. The molecule has 3 rings (SSSR count). The molecule has 0 bridgehead atoms. The van der Waals surface area contributed by atoms with E-state index >= 15 is 0 Å². The second-order valence-electron chi connectivity index (χ2n) is 5.54. The Labute approximate surface area is 149 Å². The lowest BCUT2D eigenvalue weighted by molar-refractivity contribution is 0.102. The average Bonchev–Trinajstić information content (AvgIpc) is 3.00. The van der Waals surface area contributed by atoms with Gasteiger partial charge in [0.2, 0.25) is 0 Å². The lowest BCUT2D eigenvalue weighted by atomic mass is 10.0. The number of amides is 1. The van der Waals surface area contributed by atoms with Crippen LogP contribution >= 0.6 is 0 Å². The number of aromatic amines is 1. The van der Waals surface area contributed by atoms with Crippen molar-refractivity contribution >= 4 is 22.7 Å². The fraction of sp³-hybridized carbons (Fsp3) is 0.158. The minimum Gasteiger partial charge on any atom is -0.493 e. The first-order valence-electron chi connectivity index (χ1n) is 7.85. The van der Waals surface area contributed by atoms with E-state index in [1.807, 2.05) is 0 Å². The van der Waals surface area contributed by atoms with Crippen LogP contribution in [0.5, 0.6) is 11.5 Å². The van der Waals surface area contributed by atoms with Crippen molar-refractivity contribution in [3.8, 4) is 11.5 Å². The van der Waals surface area contributed by atoms with Gasteiger partial charge >= 0.3 is 5.76 Å². The quantitative estimate of drug-likeness (QED) is 0.664. The minimum absolute atomic E-state index is 0.318. The fourth-order valence-corrected chi connectivity index (χ4v) is 2.71. The topological polar surface area (TPSA) is 93.6 Å². The molecule has 0 unspecified atom stereocenters. The van der Waals surface area contributed by atoms with Gasteiger partial charge < -0.3 is 19.2 Å². The summed E-state index contributed by atoms with van der Waals surface area (Å²) in [6, 6.07) is 8.24. The van der Waals surface area contributed by atoms with Gasteiger partial charge in [0.15, 0.2) is 17.1 Å². The Hall–Kier alpha value is -3.48. The van der Waals surface area contributed by atoms with Gasteiger partial charge in [-0.1, -0.05) is 6.08 Å². The van der Waals surface area contributed by atoms with Crippen molar-refractivity contribution in [3.05, 3.63) is 64.7 Å². The molecule has 0 aliphatic heterocycles. The van der Waals surface area contributed by atoms with Gasteiger partial charge in [0.25, 0.3) is 5.91 Å². The minimum atomic E-state index is -0.544. The molecule has 1 heterocycles. The zero-order valence-electron chi connectivity index (χ0n) is 14.4. The number of carbonyl (C=O) groups is 1. The number of oxazole rings is 1. The van der Waals surface area contributed by atoms with Crippen molar-refractivity contribution in [2.75, 3.05) is 19.5 Å². The first-order chi connectivity index (χ1) is 12.5. The highest BCUT2D eigenvalue weighted by atomic mass is 16.5. The fourth-order valence-electron chi connectivity index (χ4n) is 2.71. The molecule has 0 fully saturated rings. The monoisotopic (exact) mass is 354 g/mol. The molecule has 1 aromatic heterocycles. The molecule has 0 aliphatic carbocycles. The van der Waals surface area contributed by atoms with Gasteiger partial charge in [-0.3, -0.25) is 9.78 Å². The number of rotatable bonds is 6. The van der Waals surface area contributed by atoms with Gasteiger partial charge in [-0.25, -0.2) is 4.79 Å². The molecule has 0 aliphatic rings. The van der Waals surface area contributed by atoms with Gasteiger partial charge in [-0.2, -0.15) is 0 Å². The van der Waals surface area contributed by atoms with Crippen LogP contribution in [0, 0.1) is 0 Å². The van der Waals surface area contributed by atoms with E-state index in [0.717, 1.165) is 5.56 Å². The molecule has 7 nitrogen and oxygen atoms in total. The van der Waals surface area contributed by atoms with Crippen molar-refractivity contribution < 1.29 is 18.7 Å². The molecule has 2 N–H and O–H groups in total. The van der Waals surface area contributed by atoms with E-state index in [9.17, 15) is 9.59 Å². The molecule has 0 atom stereocenters. The van der Waals surface area contributed by atoms with Gasteiger partial charge in [0.1, 0.15) is 0 Å². The number of H-pyrrole nitrogens is 1. The predicted molar refractivity (Wildman–Crippen MR) is 98.2 cm³/mol. The Morgan fingerprint density at radius 2 is 2.08 bits per heavy atom. The number of ether oxygens (including phenoxy) is 2. The standard InChI is InChI=1S/C19H18N2O5/c1-4-5-11-8-12(9-16(24-2)17(11)25-3)18(22)20-13-6-7-15-14(10-13)21-19(23)26-15/h4,6-10H,1,5H2,2-3H3,(H,20,22)(H,21,23). The Morgan fingerprint density at radius 3 is 2.77 bits per heavy atom. The van der Waals surface area contributed by atoms with E-state index < -0.39 is 5.76 Å². The molecule has 2 aromatic carbocycles. The van der Waals surface area contributed by atoms with Crippen LogP contribution < -0.4 is 20.5 Å². The first-order valence-corrected chi connectivity index (χ1v) is 7.85. The van der Waals surface area contributed by atoms with E-state index in [2.05, 4.69) is 16.9 Å². The number of anilines is 1. The highest BCUT2D eigenvalue weighted by Crippen LogP contribution is 2.33. The molecule has 7 heteroatoms. The van der Waals surface area contributed by atoms with Crippen molar-refractivity contribution in [1.82, 2.24) is 4.98 Å². The summed E-state index contributed by atoms with van der Waals surface area (Å²) >= 11 is 0. The normalized spacial score (nSPS) is 10.5. The molecule has 0 radical (unpaired) electrons. The number of benzene rings is 2. The second-order valence-corrected chi connectivity index (χ2v) is 5.54. The molecule has 26 heavy (non-hydrogen) atoms. The summed E-state index contributed by atoms with van der Waals surface area (Å²) in [6.07, 6.45) is 2.25. The average molecular weight is 354 g/mol. The molecular formula is C19H18N2O5. The van der Waals surface area contributed by atoms with Crippen molar-refractivity contribution in [3.63, 3.8) is 0 Å². The van der Waals surface area contributed by atoms with Crippen LogP contribution in [0.2, 0.25) is 0 Å². The van der Waals surface area contributed by atoms with Crippen molar-refractivity contribution in [2.24, 2.45) is 0 Å². The molecule has 0 spiro atoms. The maximum atomic E-state index is 12.7. The zero-order valence-corrected chi connectivity index (χ0v) is 14.4. The van der Waals surface area contributed by atoms with Crippen LogP contribution in [0.3, 0.4) is 0 Å². The summed E-state index contributed by atoms with van der Waals surface area (Å²) in [5, 5.41) is 2.79. The number of carbonyl (C=O) groups excluding carboxylic acids is 1. The van der Waals surface area contributed by atoms with E-state index in [-0.39, 0.29) is 5.91 Å². The van der Waals surface area contributed by atoms with Crippen LogP contribution in [-0.2, 0) is 6.42 Å². The van der Waals surface area contributed by atoms with Crippen LogP contribution in [0.25, 0.3) is 11.1 Å². The Balaban J connectivity index is 1.93. The van der Waals surface area contributed by atoms with Crippen LogP contribution in [0.4, 0.5) is 5.69 Å². The molecule has 0 saturated carbocycles. The number of methoxy groups -OCH3 is 2. The second kappa shape index (κ2) is 7.18. The van der Waals surface area contributed by atoms with Crippen molar-refractivity contribution in [1.29, 1.82) is 0 Å². The lowest BCUT2D eigenvalue weighted by Crippen LogP contribution is -2.13. The predicted octanol–water partition coefficient (Wildman–Crippen LogP) is 3.12. The van der Waals surface area contributed by atoms with E-state index in [0.29, 0.717) is 40.3 Å². The first kappa shape index (κ1) is 17.3. The van der Waals surface area contributed by atoms with E-state index in [1.165, 1.54) is 7.11 Å². The summed E-state index contributed by atoms with van der Waals surface area (Å²) in [6.45, 7) is 3.73. The summed E-state index contributed by atoms with van der Waals surface area (Å²) in [5.41, 5.74) is 2.67. The Bertz CT molecular complexity index is 1030. The van der Waals surface area contributed by atoms with Gasteiger partial charge in [0.05, 0.1) is 19.7 Å². The number of aromatic nitrogens is 1. The molecular weight excluding hydrogens is 336 g/mol. The number of hydrogen-bond acceptors (Lipinski definition) is 5. The van der Waals surface area contributed by atoms with E-state index in [1.54, 1.807) is 43.5 Å². The van der Waals surface area contributed by atoms with E-state index in [4.69, 9.17) is 13.9 Å². The third kappa shape index (κ3) is 3.32. The third-order valence-corrected chi connectivity index (χ3v) is 3.86. The van der Waals surface area contributed by atoms with Crippen molar-refractivity contribution in [2.45, 2.75) is 6.42 Å². The van der Waals surface area contributed by atoms with Crippen LogP contribution in [0.1, 0.15) is 15.9 Å². The third-order valence-electron chi connectivity index (χ3n) is 3.86. The van der Waals surface area contributed by atoms with Crippen LogP contribution in [-0.4, -0.2) is 25.1 Å². The van der Waals surface area contributed by atoms with Gasteiger partial charge in [-0.15, -0.1) is 6.58 Å². The highest BCUT2D eigenvalue weighted by molar-refractivity contribution is 6.05. The van der Waals surface area contributed by atoms with Gasteiger partial charge in [-0.05, 0) is 36.8 Å². The largest absolute Gasteiger partial charge is 0.493 e. The Kier molecular flexibility index (Phi) is 4.79. The molecule has 3 aromatic rings. The molecule has 0 saturated heterocycles. The summed E-state index contributed by atoms with van der Waals surface area (Å²) in [5.74, 6) is 0.173. The maximum absolute atomic E-state index is 12.7.